The van der Waals surface area contributed by atoms with E-state index in [1.807, 2.05) is 48.5 Å². The van der Waals surface area contributed by atoms with Crippen LogP contribution in [0.25, 0.3) is 22.1 Å². The molecular weight excluding hydrogens is 376 g/mol. The zero-order valence-corrected chi connectivity index (χ0v) is 14.5. The Kier molecular flexibility index (Phi) is 3.43. The van der Waals surface area contributed by atoms with Crippen LogP contribution >= 0.6 is 27.3 Å². The molecule has 0 saturated heterocycles. The number of benzene rings is 2. The van der Waals surface area contributed by atoms with Gasteiger partial charge in [0.05, 0.1) is 22.7 Å². The predicted octanol–water partition coefficient (Wildman–Crippen LogP) is 3.23. The molecule has 0 bridgehead atoms. The van der Waals surface area contributed by atoms with Crippen molar-refractivity contribution in [2.45, 2.75) is 0 Å². The Morgan fingerprint density at radius 2 is 2.09 bits per heavy atom. The van der Waals surface area contributed by atoms with Gasteiger partial charge in [-0.25, -0.2) is 9.38 Å². The predicted molar refractivity (Wildman–Crippen MR) is 96.3 cm³/mol. The Morgan fingerprint density at radius 3 is 2.91 bits per heavy atom. The monoisotopic (exact) mass is 386 g/mol. The number of fused-ring (bicyclic) bond motifs is 3. The molecule has 23 heavy (non-hydrogen) atoms. The lowest BCUT2D eigenvalue weighted by atomic mass is 10.2. The number of imidazole rings is 1. The quantitative estimate of drug-likeness (QED) is 0.531. The third kappa shape index (κ3) is 2.34. The van der Waals surface area contributed by atoms with Gasteiger partial charge in [0, 0.05) is 10.0 Å². The van der Waals surface area contributed by atoms with Crippen LogP contribution in [-0.2, 0) is 0 Å². The van der Waals surface area contributed by atoms with Crippen molar-refractivity contribution in [2.75, 3.05) is 7.11 Å². The lowest BCUT2D eigenvalue weighted by molar-refractivity contribution is 0.414. The van der Waals surface area contributed by atoms with Crippen molar-refractivity contribution in [3.63, 3.8) is 0 Å². The average Bonchev–Trinajstić information content (AvgIpc) is 3.05. The number of rotatable bonds is 2. The summed E-state index contributed by atoms with van der Waals surface area (Å²) in [5, 5.41) is 0. The number of aromatic nitrogens is 2. The van der Waals surface area contributed by atoms with Gasteiger partial charge in [0.15, 0.2) is 4.96 Å². The molecule has 0 amide bonds. The lowest BCUT2D eigenvalue weighted by Crippen LogP contribution is -2.22. The Balaban J connectivity index is 2.01. The van der Waals surface area contributed by atoms with E-state index in [-0.39, 0.29) is 5.56 Å². The summed E-state index contributed by atoms with van der Waals surface area (Å²) in [7, 11) is 1.62. The van der Waals surface area contributed by atoms with Crippen LogP contribution in [0.3, 0.4) is 0 Å². The van der Waals surface area contributed by atoms with Gasteiger partial charge >= 0.3 is 0 Å². The number of methoxy groups -OCH3 is 1. The minimum Gasteiger partial charge on any atom is -0.496 e. The third-order valence-corrected chi connectivity index (χ3v) is 5.09. The highest BCUT2D eigenvalue weighted by Gasteiger charge is 2.11. The van der Waals surface area contributed by atoms with Crippen LogP contribution in [0.4, 0.5) is 0 Å². The number of hydrogen-bond donors (Lipinski definition) is 0. The largest absolute Gasteiger partial charge is 0.496 e. The number of halogens is 1. The molecule has 114 valence electrons. The van der Waals surface area contributed by atoms with Crippen molar-refractivity contribution in [2.24, 2.45) is 0 Å². The van der Waals surface area contributed by atoms with Crippen LogP contribution in [0.2, 0.25) is 0 Å². The maximum absolute atomic E-state index is 12.7. The van der Waals surface area contributed by atoms with Crippen LogP contribution in [0.15, 0.2) is 51.7 Å². The molecule has 0 atom stereocenters. The summed E-state index contributed by atoms with van der Waals surface area (Å²) in [5.41, 5.74) is 2.47. The van der Waals surface area contributed by atoms with Crippen LogP contribution in [0.1, 0.15) is 5.56 Å². The summed E-state index contributed by atoms with van der Waals surface area (Å²) in [6, 6.07) is 13.4. The minimum atomic E-state index is -0.0549. The standard InChI is InChI=1S/C17H11BrN2O2S/c1-22-14-7-6-11(18)8-10(14)9-15-16(21)20-13-5-3-2-4-12(13)19-17(20)23-15/h2-9H,1H3/b15-9-. The molecule has 2 aromatic heterocycles. The second-order valence-corrected chi connectivity index (χ2v) is 6.95. The average molecular weight is 387 g/mol. The summed E-state index contributed by atoms with van der Waals surface area (Å²) in [6.07, 6.45) is 1.85. The maximum atomic E-state index is 12.7. The number of para-hydroxylation sites is 2. The molecule has 4 aromatic rings. The highest BCUT2D eigenvalue weighted by Crippen LogP contribution is 2.23. The van der Waals surface area contributed by atoms with Gasteiger partial charge in [0.2, 0.25) is 0 Å². The highest BCUT2D eigenvalue weighted by molar-refractivity contribution is 9.10. The molecule has 6 heteroatoms. The van der Waals surface area contributed by atoms with Crippen LogP contribution < -0.4 is 14.8 Å². The van der Waals surface area contributed by atoms with Gasteiger partial charge < -0.3 is 4.74 Å². The lowest BCUT2D eigenvalue weighted by Gasteiger charge is -2.04. The smallest absolute Gasteiger partial charge is 0.274 e. The fraction of sp³-hybridized carbons (Fsp3) is 0.0588. The Morgan fingerprint density at radius 1 is 1.26 bits per heavy atom. The summed E-state index contributed by atoms with van der Waals surface area (Å²) in [5.74, 6) is 0.725. The van der Waals surface area contributed by atoms with E-state index in [1.165, 1.54) is 11.3 Å². The Bertz CT molecular complexity index is 1150. The molecule has 0 spiro atoms. The number of ether oxygens (including phenoxy) is 1. The first kappa shape index (κ1) is 14.4. The molecule has 2 aromatic carbocycles. The van der Waals surface area contributed by atoms with Crippen LogP contribution in [0, 0.1) is 0 Å². The maximum Gasteiger partial charge on any atom is 0.274 e. The van der Waals surface area contributed by atoms with Gasteiger partial charge in [-0.05, 0) is 36.4 Å². The van der Waals surface area contributed by atoms with Crippen LogP contribution in [0.5, 0.6) is 5.75 Å². The summed E-state index contributed by atoms with van der Waals surface area (Å²) >= 11 is 4.83. The molecule has 2 heterocycles. The normalized spacial score (nSPS) is 12.3. The number of thiazole rings is 1. The van der Waals surface area contributed by atoms with Gasteiger partial charge in [0.1, 0.15) is 5.75 Å². The molecule has 4 rings (SSSR count). The van der Waals surface area contributed by atoms with Gasteiger partial charge in [-0.3, -0.25) is 4.79 Å². The van der Waals surface area contributed by atoms with Gasteiger partial charge in [-0.15, -0.1) is 0 Å². The fourth-order valence-electron chi connectivity index (χ4n) is 2.57. The zero-order chi connectivity index (χ0) is 16.0. The van der Waals surface area contributed by atoms with E-state index in [4.69, 9.17) is 4.74 Å². The van der Waals surface area contributed by atoms with Crippen molar-refractivity contribution < 1.29 is 4.74 Å². The van der Waals surface area contributed by atoms with E-state index in [0.29, 0.717) is 9.49 Å². The summed E-state index contributed by atoms with van der Waals surface area (Å²) in [6.45, 7) is 0. The molecule has 0 radical (unpaired) electrons. The zero-order valence-electron chi connectivity index (χ0n) is 12.1. The SMILES string of the molecule is COc1ccc(Br)cc1/C=c1\sc2nc3ccccc3n2c1=O. The van der Waals surface area contributed by atoms with Crippen molar-refractivity contribution in [3.05, 3.63) is 67.4 Å². The number of hydrogen-bond acceptors (Lipinski definition) is 4. The molecule has 0 unspecified atom stereocenters. The first-order chi connectivity index (χ1) is 11.2. The summed E-state index contributed by atoms with van der Waals surface area (Å²) < 4.78 is 8.60. The molecule has 0 saturated carbocycles. The minimum absolute atomic E-state index is 0.0549. The molecule has 0 fully saturated rings. The van der Waals surface area contributed by atoms with Gasteiger partial charge in [-0.1, -0.05) is 39.4 Å². The van der Waals surface area contributed by atoms with Gasteiger partial charge in [0.25, 0.3) is 5.56 Å². The van der Waals surface area contributed by atoms with E-state index in [9.17, 15) is 4.79 Å². The topological polar surface area (TPSA) is 43.6 Å². The van der Waals surface area contributed by atoms with Crippen molar-refractivity contribution in [3.8, 4) is 5.75 Å². The first-order valence-electron chi connectivity index (χ1n) is 6.92. The molecule has 0 aliphatic heterocycles. The molecular formula is C17H11BrN2O2S. The Hall–Kier alpha value is -2.18. The second-order valence-electron chi connectivity index (χ2n) is 5.02. The fourth-order valence-corrected chi connectivity index (χ4v) is 3.93. The number of nitrogens with zero attached hydrogens (tertiary/aromatic N) is 2. The van der Waals surface area contributed by atoms with Crippen molar-refractivity contribution in [1.82, 2.24) is 9.38 Å². The van der Waals surface area contributed by atoms with E-state index in [0.717, 1.165) is 26.8 Å². The molecule has 0 aliphatic carbocycles. The Labute approximate surface area is 143 Å². The first-order valence-corrected chi connectivity index (χ1v) is 8.53. The van der Waals surface area contributed by atoms with Crippen LogP contribution in [-0.4, -0.2) is 16.5 Å². The van der Waals surface area contributed by atoms with E-state index >= 15 is 0 Å². The van der Waals surface area contributed by atoms with Crippen molar-refractivity contribution >= 4 is 49.3 Å². The van der Waals surface area contributed by atoms with Crippen molar-refractivity contribution in [1.29, 1.82) is 0 Å². The summed E-state index contributed by atoms with van der Waals surface area (Å²) in [4.78, 5) is 18.0. The second kappa shape index (κ2) is 5.47. The van der Waals surface area contributed by atoms with E-state index in [1.54, 1.807) is 11.5 Å². The van der Waals surface area contributed by atoms with E-state index < -0.39 is 0 Å². The highest BCUT2D eigenvalue weighted by atomic mass is 79.9. The molecule has 0 N–H and O–H groups in total. The molecule has 4 nitrogen and oxygen atoms in total. The van der Waals surface area contributed by atoms with E-state index in [2.05, 4.69) is 20.9 Å². The van der Waals surface area contributed by atoms with Gasteiger partial charge in [-0.2, -0.15) is 0 Å². The molecule has 0 aliphatic rings. The third-order valence-electron chi connectivity index (χ3n) is 3.62.